The van der Waals surface area contributed by atoms with Crippen LogP contribution < -0.4 is 5.73 Å². The molecule has 0 aliphatic carbocycles. The van der Waals surface area contributed by atoms with E-state index in [1.165, 1.54) is 0 Å². The lowest BCUT2D eigenvalue weighted by Crippen LogP contribution is -2.45. The van der Waals surface area contributed by atoms with Crippen LogP contribution in [0.15, 0.2) is 17.4 Å². The number of nitrogens with two attached hydrogens (primary N) is 1. The Kier molecular flexibility index (Phi) is 4.58. The molecule has 0 radical (unpaired) electrons. The van der Waals surface area contributed by atoms with E-state index in [1.807, 2.05) is 0 Å². The third-order valence-corrected chi connectivity index (χ3v) is 3.91. The van der Waals surface area contributed by atoms with E-state index in [1.54, 1.807) is 24.2 Å². The molecule has 0 unspecified atom stereocenters. The lowest BCUT2D eigenvalue weighted by atomic mass is 10.3. The van der Waals surface area contributed by atoms with Crippen LogP contribution in [0.4, 0.5) is 5.82 Å². The normalized spacial score (nSPS) is 18.4. The topological polar surface area (TPSA) is 58.3 Å². The Labute approximate surface area is 106 Å². The summed E-state index contributed by atoms with van der Waals surface area (Å²) >= 11 is 1.69. The van der Waals surface area contributed by atoms with Gasteiger partial charge < -0.3 is 10.6 Å². The van der Waals surface area contributed by atoms with Crippen LogP contribution in [0.2, 0.25) is 0 Å². The first-order valence-electron chi connectivity index (χ1n) is 5.86. The highest BCUT2D eigenvalue weighted by Crippen LogP contribution is 2.19. The number of likely N-dealkylation sites (N-methyl/N-ethyl adjacent to an activating group) is 1. The number of hydrogen-bond acceptors (Lipinski definition) is 6. The summed E-state index contributed by atoms with van der Waals surface area (Å²) in [6, 6.07) is 0. The van der Waals surface area contributed by atoms with Gasteiger partial charge in [0.15, 0.2) is 5.82 Å². The summed E-state index contributed by atoms with van der Waals surface area (Å²) in [6.07, 6.45) is 3.31. The fraction of sp³-hybridized carbons (Fsp3) is 0.636. The zero-order chi connectivity index (χ0) is 12.1. The average Bonchev–Trinajstić information content (AvgIpc) is 2.34. The summed E-state index contributed by atoms with van der Waals surface area (Å²) in [6.45, 7) is 5.74. The Balaban J connectivity index is 1.71. The molecule has 0 spiro atoms. The van der Waals surface area contributed by atoms with Gasteiger partial charge in [-0.05, 0) is 7.05 Å². The number of hydrogen-bond donors (Lipinski definition) is 1. The maximum atomic E-state index is 5.74. The molecule has 1 saturated heterocycles. The lowest BCUT2D eigenvalue weighted by molar-refractivity contribution is 0.161. The van der Waals surface area contributed by atoms with Crippen molar-refractivity contribution in [3.8, 4) is 0 Å². The van der Waals surface area contributed by atoms with E-state index in [4.69, 9.17) is 5.73 Å². The molecule has 1 aliphatic rings. The minimum Gasteiger partial charge on any atom is -0.381 e. The van der Waals surface area contributed by atoms with Gasteiger partial charge in [0.05, 0.1) is 0 Å². The van der Waals surface area contributed by atoms with E-state index in [0.717, 1.165) is 43.5 Å². The van der Waals surface area contributed by atoms with Crippen molar-refractivity contribution in [2.75, 3.05) is 51.3 Å². The molecule has 1 aliphatic heterocycles. The van der Waals surface area contributed by atoms with Crippen molar-refractivity contribution in [3.05, 3.63) is 12.4 Å². The summed E-state index contributed by atoms with van der Waals surface area (Å²) < 4.78 is 0. The second-order valence-corrected chi connectivity index (χ2v) is 5.32. The summed E-state index contributed by atoms with van der Waals surface area (Å²) in [5.74, 6) is 1.56. The molecule has 1 fully saturated rings. The molecule has 94 valence electrons. The molecule has 1 aromatic rings. The van der Waals surface area contributed by atoms with Crippen LogP contribution in [0.25, 0.3) is 0 Å². The first-order chi connectivity index (χ1) is 8.25. The van der Waals surface area contributed by atoms with Crippen molar-refractivity contribution >= 4 is 17.6 Å². The van der Waals surface area contributed by atoms with Gasteiger partial charge in [0, 0.05) is 50.9 Å². The molecule has 2 N–H and O–H groups in total. The largest absolute Gasteiger partial charge is 0.381 e. The summed E-state index contributed by atoms with van der Waals surface area (Å²) in [4.78, 5) is 13.1. The summed E-state index contributed by atoms with van der Waals surface area (Å²) in [7, 11) is 2.17. The van der Waals surface area contributed by atoms with Gasteiger partial charge >= 0.3 is 0 Å². The quantitative estimate of drug-likeness (QED) is 0.784. The fourth-order valence-corrected chi connectivity index (χ4v) is 2.67. The van der Waals surface area contributed by atoms with E-state index < -0.39 is 0 Å². The number of aromatic nitrogens is 2. The number of nitrogen functional groups attached to an aromatic ring is 1. The number of anilines is 1. The minimum absolute atomic E-state index is 0.538. The molecule has 2 heterocycles. The van der Waals surface area contributed by atoms with Crippen molar-refractivity contribution in [2.24, 2.45) is 0 Å². The smallest absolute Gasteiger partial charge is 0.156 e. The van der Waals surface area contributed by atoms with Crippen LogP contribution in [-0.2, 0) is 0 Å². The van der Waals surface area contributed by atoms with Crippen LogP contribution in [-0.4, -0.2) is 65.3 Å². The zero-order valence-electron chi connectivity index (χ0n) is 10.2. The van der Waals surface area contributed by atoms with Gasteiger partial charge in [-0.3, -0.25) is 4.90 Å². The maximum Gasteiger partial charge on any atom is 0.156 e. The van der Waals surface area contributed by atoms with Gasteiger partial charge in [-0.25, -0.2) is 9.97 Å². The van der Waals surface area contributed by atoms with Gasteiger partial charge in [0.2, 0.25) is 0 Å². The SMILES string of the molecule is CN1CCN(CCSc2nccnc2N)CC1. The molecule has 0 aromatic carbocycles. The molecule has 5 nitrogen and oxygen atoms in total. The van der Waals surface area contributed by atoms with Gasteiger partial charge in [0.1, 0.15) is 5.03 Å². The summed E-state index contributed by atoms with van der Waals surface area (Å²) in [5, 5.41) is 0.849. The first kappa shape index (κ1) is 12.6. The lowest BCUT2D eigenvalue weighted by Gasteiger charge is -2.32. The van der Waals surface area contributed by atoms with E-state index in [9.17, 15) is 0 Å². The zero-order valence-corrected chi connectivity index (χ0v) is 11.0. The van der Waals surface area contributed by atoms with Crippen LogP contribution in [0.1, 0.15) is 0 Å². The van der Waals surface area contributed by atoms with Crippen molar-refractivity contribution in [1.82, 2.24) is 19.8 Å². The maximum absolute atomic E-state index is 5.74. The monoisotopic (exact) mass is 253 g/mol. The van der Waals surface area contributed by atoms with Crippen LogP contribution in [0, 0.1) is 0 Å². The van der Waals surface area contributed by atoms with Crippen molar-refractivity contribution in [1.29, 1.82) is 0 Å². The molecule has 17 heavy (non-hydrogen) atoms. The Hall–Kier alpha value is -0.850. The van der Waals surface area contributed by atoms with E-state index in [-0.39, 0.29) is 0 Å². The number of piperazine rings is 1. The van der Waals surface area contributed by atoms with E-state index in [0.29, 0.717) is 5.82 Å². The highest BCUT2D eigenvalue weighted by molar-refractivity contribution is 7.99. The van der Waals surface area contributed by atoms with Crippen molar-refractivity contribution in [2.45, 2.75) is 5.03 Å². The Morgan fingerprint density at radius 1 is 1.24 bits per heavy atom. The Morgan fingerprint density at radius 2 is 1.94 bits per heavy atom. The van der Waals surface area contributed by atoms with Gasteiger partial charge in [-0.15, -0.1) is 11.8 Å². The van der Waals surface area contributed by atoms with Crippen LogP contribution >= 0.6 is 11.8 Å². The van der Waals surface area contributed by atoms with E-state index in [2.05, 4.69) is 26.8 Å². The first-order valence-corrected chi connectivity index (χ1v) is 6.84. The molecule has 2 rings (SSSR count). The molecule has 6 heteroatoms. The molecule has 1 aromatic heterocycles. The Morgan fingerprint density at radius 3 is 2.65 bits per heavy atom. The third-order valence-electron chi connectivity index (χ3n) is 2.93. The standard InChI is InChI=1S/C11H19N5S/c1-15-4-6-16(7-5-15)8-9-17-11-10(12)13-2-3-14-11/h2-3H,4-9H2,1H3,(H2,12,13). The number of nitrogens with zero attached hydrogens (tertiary/aromatic N) is 4. The highest BCUT2D eigenvalue weighted by atomic mass is 32.2. The van der Waals surface area contributed by atoms with Gasteiger partial charge in [-0.2, -0.15) is 0 Å². The van der Waals surface area contributed by atoms with E-state index >= 15 is 0 Å². The average molecular weight is 253 g/mol. The summed E-state index contributed by atoms with van der Waals surface area (Å²) in [5.41, 5.74) is 5.74. The highest BCUT2D eigenvalue weighted by Gasteiger charge is 2.13. The van der Waals surface area contributed by atoms with Gasteiger partial charge in [0.25, 0.3) is 0 Å². The molecule has 0 amide bonds. The van der Waals surface area contributed by atoms with Gasteiger partial charge in [-0.1, -0.05) is 0 Å². The predicted molar refractivity (Wildman–Crippen MR) is 71.1 cm³/mol. The Bertz CT molecular complexity index is 351. The fourth-order valence-electron chi connectivity index (χ4n) is 1.79. The van der Waals surface area contributed by atoms with Crippen LogP contribution in [0.5, 0.6) is 0 Å². The molecule has 0 bridgehead atoms. The van der Waals surface area contributed by atoms with Crippen molar-refractivity contribution < 1.29 is 0 Å². The number of thioether (sulfide) groups is 1. The molecular formula is C11H19N5S. The third kappa shape index (κ3) is 3.83. The molecule has 0 atom stereocenters. The van der Waals surface area contributed by atoms with Crippen molar-refractivity contribution in [3.63, 3.8) is 0 Å². The minimum atomic E-state index is 0.538. The second kappa shape index (κ2) is 6.18. The number of rotatable bonds is 4. The molecular weight excluding hydrogens is 234 g/mol. The second-order valence-electron chi connectivity index (χ2n) is 4.24. The predicted octanol–water partition coefficient (Wildman–Crippen LogP) is 0.398. The van der Waals surface area contributed by atoms with Crippen LogP contribution in [0.3, 0.4) is 0 Å². The molecule has 0 saturated carbocycles.